The summed E-state index contributed by atoms with van der Waals surface area (Å²) in [7, 11) is 1.73. The van der Waals surface area contributed by atoms with E-state index >= 15 is 0 Å². The van der Waals surface area contributed by atoms with Crippen LogP contribution in [0.25, 0.3) is 0 Å². The van der Waals surface area contributed by atoms with Crippen molar-refractivity contribution in [3.05, 3.63) is 23.8 Å². The highest BCUT2D eigenvalue weighted by molar-refractivity contribution is 6.06. The molecule has 2 N–H and O–H groups in total. The van der Waals surface area contributed by atoms with Gasteiger partial charge in [0.1, 0.15) is 0 Å². The Morgan fingerprint density at radius 1 is 1.19 bits per heavy atom. The number of hydrogen-bond donors (Lipinski definition) is 2. The topological polar surface area (TPSA) is 83.0 Å². The zero-order chi connectivity index (χ0) is 18.8. The largest absolute Gasteiger partial charge is 0.377 e. The van der Waals surface area contributed by atoms with Crippen molar-refractivity contribution in [1.29, 1.82) is 0 Å². The van der Waals surface area contributed by atoms with Gasteiger partial charge in [0.05, 0.1) is 25.0 Å². The number of fused-ring (bicyclic) bond motifs is 5. The highest BCUT2D eigenvalue weighted by Gasteiger charge is 2.58. The third-order valence-electron chi connectivity index (χ3n) is 6.21. The van der Waals surface area contributed by atoms with E-state index in [-0.39, 0.29) is 35.5 Å². The van der Waals surface area contributed by atoms with Gasteiger partial charge >= 0.3 is 0 Å². The summed E-state index contributed by atoms with van der Waals surface area (Å²) in [4.78, 5) is 31.0. The Bertz CT molecular complexity index is 669. The van der Waals surface area contributed by atoms with Crippen LogP contribution in [0.4, 0.5) is 0 Å². The molecule has 0 aromatic heterocycles. The SMILES string of the molecule is CN=C(NCCC1=CCOCC1)NCCN1C(=O)C2C3C=CC(C3)C2C1=O. The van der Waals surface area contributed by atoms with Crippen LogP contribution in [0.2, 0.25) is 0 Å². The van der Waals surface area contributed by atoms with Crippen LogP contribution in [0, 0.1) is 23.7 Å². The Labute approximate surface area is 159 Å². The molecular weight excluding hydrogens is 344 g/mol. The number of aliphatic imine (C=N–C) groups is 1. The minimum Gasteiger partial charge on any atom is -0.377 e. The lowest BCUT2D eigenvalue weighted by Crippen LogP contribution is -2.44. The van der Waals surface area contributed by atoms with Crippen molar-refractivity contribution in [3.8, 4) is 0 Å². The summed E-state index contributed by atoms with van der Waals surface area (Å²) in [5.41, 5.74) is 1.41. The third-order valence-corrected chi connectivity index (χ3v) is 6.21. The number of likely N-dealkylation sites (tertiary alicyclic amines) is 1. The number of amides is 2. The van der Waals surface area contributed by atoms with Gasteiger partial charge in [0.2, 0.25) is 11.8 Å². The van der Waals surface area contributed by atoms with E-state index in [4.69, 9.17) is 4.74 Å². The summed E-state index contributed by atoms with van der Waals surface area (Å²) in [6.07, 6.45) is 9.32. The van der Waals surface area contributed by atoms with E-state index in [1.165, 1.54) is 10.5 Å². The summed E-state index contributed by atoms with van der Waals surface area (Å²) < 4.78 is 5.32. The molecule has 0 aromatic rings. The fourth-order valence-electron chi connectivity index (χ4n) is 4.83. The molecule has 0 radical (unpaired) electrons. The van der Waals surface area contributed by atoms with E-state index in [0.29, 0.717) is 25.7 Å². The average molecular weight is 372 g/mol. The molecule has 2 amide bonds. The van der Waals surface area contributed by atoms with E-state index in [1.54, 1.807) is 7.05 Å². The maximum Gasteiger partial charge on any atom is 0.233 e. The molecule has 4 unspecified atom stereocenters. The highest BCUT2D eigenvalue weighted by Crippen LogP contribution is 2.52. The lowest BCUT2D eigenvalue weighted by molar-refractivity contribution is -0.140. The minimum absolute atomic E-state index is 0.0121. The minimum atomic E-state index is -0.113. The van der Waals surface area contributed by atoms with Gasteiger partial charge < -0.3 is 15.4 Å². The maximum absolute atomic E-state index is 12.7. The number of imide groups is 1. The summed E-state index contributed by atoms with van der Waals surface area (Å²) in [5, 5.41) is 6.50. The van der Waals surface area contributed by atoms with Gasteiger partial charge in [-0.15, -0.1) is 0 Å². The lowest BCUT2D eigenvalue weighted by atomic mass is 9.85. The van der Waals surface area contributed by atoms with Gasteiger partial charge in [-0.1, -0.05) is 23.8 Å². The molecule has 4 atom stereocenters. The number of hydrogen-bond acceptors (Lipinski definition) is 4. The van der Waals surface area contributed by atoms with Crippen LogP contribution in [-0.4, -0.2) is 62.6 Å². The predicted octanol–water partition coefficient (Wildman–Crippen LogP) is 0.695. The van der Waals surface area contributed by atoms with Gasteiger partial charge in [0.15, 0.2) is 5.96 Å². The molecule has 2 aliphatic heterocycles. The van der Waals surface area contributed by atoms with Crippen LogP contribution in [0.15, 0.2) is 28.8 Å². The number of guanidine groups is 1. The molecule has 0 aromatic carbocycles. The summed E-state index contributed by atoms with van der Waals surface area (Å²) >= 11 is 0. The molecule has 2 fully saturated rings. The normalized spacial score (nSPS) is 32.1. The molecule has 2 aliphatic carbocycles. The lowest BCUT2D eigenvalue weighted by Gasteiger charge is -2.19. The van der Waals surface area contributed by atoms with Gasteiger partial charge in [-0.2, -0.15) is 0 Å². The predicted molar refractivity (Wildman–Crippen MR) is 102 cm³/mol. The Hall–Kier alpha value is -2.15. The number of allylic oxidation sites excluding steroid dienone is 2. The molecule has 4 aliphatic rings. The van der Waals surface area contributed by atoms with Gasteiger partial charge in [0, 0.05) is 26.7 Å². The molecule has 7 heteroatoms. The molecule has 2 heterocycles. The number of ether oxygens (including phenoxy) is 1. The number of rotatable bonds is 6. The Kier molecular flexibility index (Phi) is 5.29. The highest BCUT2D eigenvalue weighted by atomic mass is 16.5. The Morgan fingerprint density at radius 3 is 2.52 bits per heavy atom. The maximum atomic E-state index is 12.7. The van der Waals surface area contributed by atoms with Crippen LogP contribution in [0.1, 0.15) is 19.3 Å². The van der Waals surface area contributed by atoms with Crippen molar-refractivity contribution in [2.45, 2.75) is 19.3 Å². The molecule has 146 valence electrons. The average Bonchev–Trinajstić information content (AvgIpc) is 3.37. The third kappa shape index (κ3) is 3.52. The fraction of sp³-hybridized carbons (Fsp3) is 0.650. The molecule has 4 rings (SSSR count). The second kappa shape index (κ2) is 7.84. The smallest absolute Gasteiger partial charge is 0.233 e. The molecule has 0 spiro atoms. The monoisotopic (exact) mass is 372 g/mol. The van der Waals surface area contributed by atoms with Crippen LogP contribution >= 0.6 is 0 Å². The first kappa shape index (κ1) is 18.2. The van der Waals surface area contributed by atoms with E-state index in [9.17, 15) is 9.59 Å². The second-order valence-corrected chi connectivity index (χ2v) is 7.69. The van der Waals surface area contributed by atoms with Gasteiger partial charge in [-0.3, -0.25) is 19.5 Å². The van der Waals surface area contributed by atoms with Gasteiger partial charge in [-0.05, 0) is 31.1 Å². The zero-order valence-corrected chi connectivity index (χ0v) is 15.8. The summed E-state index contributed by atoms with van der Waals surface area (Å²) in [5.74, 6) is 1.03. The molecule has 7 nitrogen and oxygen atoms in total. The second-order valence-electron chi connectivity index (χ2n) is 7.69. The van der Waals surface area contributed by atoms with E-state index < -0.39 is 0 Å². The number of carbonyl (C=O) groups is 2. The fourth-order valence-corrected chi connectivity index (χ4v) is 4.83. The van der Waals surface area contributed by atoms with Crippen LogP contribution in [-0.2, 0) is 14.3 Å². The van der Waals surface area contributed by atoms with Crippen molar-refractivity contribution in [1.82, 2.24) is 15.5 Å². The van der Waals surface area contributed by atoms with Crippen molar-refractivity contribution in [2.24, 2.45) is 28.7 Å². The van der Waals surface area contributed by atoms with Crippen molar-refractivity contribution < 1.29 is 14.3 Å². The van der Waals surface area contributed by atoms with E-state index in [2.05, 4.69) is 33.9 Å². The number of nitrogens with zero attached hydrogens (tertiary/aromatic N) is 2. The quantitative estimate of drug-likeness (QED) is 0.310. The van der Waals surface area contributed by atoms with Crippen LogP contribution in [0.3, 0.4) is 0 Å². The first-order chi connectivity index (χ1) is 13.2. The molecule has 1 saturated heterocycles. The molecule has 1 saturated carbocycles. The zero-order valence-electron chi connectivity index (χ0n) is 15.8. The van der Waals surface area contributed by atoms with Crippen LogP contribution < -0.4 is 10.6 Å². The van der Waals surface area contributed by atoms with Crippen molar-refractivity contribution >= 4 is 17.8 Å². The van der Waals surface area contributed by atoms with Crippen molar-refractivity contribution in [2.75, 3.05) is 39.9 Å². The van der Waals surface area contributed by atoms with E-state index in [1.807, 2.05) is 0 Å². The number of nitrogens with one attached hydrogen (secondary N) is 2. The van der Waals surface area contributed by atoms with E-state index in [0.717, 1.165) is 32.4 Å². The summed E-state index contributed by atoms with van der Waals surface area (Å²) in [6.45, 7) is 3.21. The van der Waals surface area contributed by atoms with Crippen molar-refractivity contribution in [3.63, 3.8) is 0 Å². The Morgan fingerprint density at radius 2 is 1.89 bits per heavy atom. The molecule has 27 heavy (non-hydrogen) atoms. The number of carbonyl (C=O) groups excluding carboxylic acids is 2. The standard InChI is InChI=1S/C20H28N4O3/c1-21-20(22-7-4-13-5-10-27-11-6-13)23-8-9-24-18(25)16-14-2-3-15(12-14)17(16)19(24)26/h2-3,5,14-17H,4,6-12H2,1H3,(H2,21,22,23). The first-order valence-corrected chi connectivity index (χ1v) is 9.92. The first-order valence-electron chi connectivity index (χ1n) is 9.92. The van der Waals surface area contributed by atoms with Gasteiger partial charge in [0.25, 0.3) is 0 Å². The van der Waals surface area contributed by atoms with Crippen LogP contribution in [0.5, 0.6) is 0 Å². The summed E-state index contributed by atoms with van der Waals surface area (Å²) in [6, 6.07) is 0. The molecular formula is C20H28N4O3. The van der Waals surface area contributed by atoms with Gasteiger partial charge in [-0.25, -0.2) is 0 Å². The Balaban J connectivity index is 1.21. The molecule has 2 bridgehead atoms.